The number of nitrogens with zero attached hydrogens (tertiary/aromatic N) is 1. The molecule has 0 saturated heterocycles. The third kappa shape index (κ3) is 7.50. The first kappa shape index (κ1) is 29.3. The van der Waals surface area contributed by atoms with Gasteiger partial charge in [0, 0.05) is 12.3 Å². The smallest absolute Gasteiger partial charge is 0.407 e. The van der Waals surface area contributed by atoms with Crippen LogP contribution in [0.1, 0.15) is 48.8 Å². The Bertz CT molecular complexity index is 1360. The molecule has 2 amide bonds. The maximum absolute atomic E-state index is 13.2. The number of alkyl carbamates (subject to hydrolysis) is 1. The molecule has 0 saturated carbocycles. The molecular formula is C32H33N3O6. The van der Waals surface area contributed by atoms with Crippen LogP contribution in [0.15, 0.2) is 78.9 Å². The third-order valence-corrected chi connectivity index (χ3v) is 7.12. The highest BCUT2D eigenvalue weighted by Crippen LogP contribution is 2.44. The Morgan fingerprint density at radius 2 is 1.54 bits per heavy atom. The highest BCUT2D eigenvalue weighted by Gasteiger charge is 2.32. The van der Waals surface area contributed by atoms with Crippen LogP contribution in [-0.4, -0.2) is 47.9 Å². The number of benzene rings is 3. The zero-order valence-corrected chi connectivity index (χ0v) is 22.8. The van der Waals surface area contributed by atoms with E-state index in [4.69, 9.17) is 14.7 Å². The number of ether oxygens (including phenoxy) is 2. The lowest BCUT2D eigenvalue weighted by Crippen LogP contribution is -2.55. The van der Waals surface area contributed by atoms with Crippen LogP contribution >= 0.6 is 0 Å². The third-order valence-electron chi connectivity index (χ3n) is 7.12. The predicted octanol–water partition coefficient (Wildman–Crippen LogP) is 4.76. The van der Waals surface area contributed by atoms with Gasteiger partial charge >= 0.3 is 12.1 Å². The highest BCUT2D eigenvalue weighted by molar-refractivity contribution is 5.89. The van der Waals surface area contributed by atoms with Crippen molar-refractivity contribution in [3.8, 4) is 17.2 Å². The first-order valence-corrected chi connectivity index (χ1v) is 13.6. The standard InChI is InChI=1S/C32H33N3O6/c1-21(40-19-22-11-3-2-4-12-22)29(31(37)38)35-30(36)28(17-9-10-18-33)34-32(39)41-20-27-25-15-7-5-13-23(25)24-14-6-8-16-26(24)27/h2-8,11-16,21,27-29H,9-10,17,19-20H2,1H3,(H,34,39)(H,35,36)(H,37,38)/t21-,28?,29+/m0/s1. The minimum atomic E-state index is -1.35. The van der Waals surface area contributed by atoms with Gasteiger partial charge in [0.1, 0.15) is 12.6 Å². The summed E-state index contributed by atoms with van der Waals surface area (Å²) in [6, 6.07) is 24.7. The number of unbranched alkanes of at least 4 members (excludes halogenated alkanes) is 1. The molecule has 0 heterocycles. The molecule has 0 spiro atoms. The Kier molecular flexibility index (Phi) is 10.1. The molecule has 3 aromatic rings. The number of fused-ring (bicyclic) bond motifs is 3. The molecule has 0 radical (unpaired) electrons. The fraction of sp³-hybridized carbons (Fsp3) is 0.312. The summed E-state index contributed by atoms with van der Waals surface area (Å²) < 4.78 is 11.3. The number of nitrogens with one attached hydrogen (secondary N) is 2. The fourth-order valence-corrected chi connectivity index (χ4v) is 4.97. The van der Waals surface area contributed by atoms with E-state index in [0.717, 1.165) is 27.8 Å². The lowest BCUT2D eigenvalue weighted by atomic mass is 9.98. The van der Waals surface area contributed by atoms with Crippen LogP contribution in [0, 0.1) is 11.3 Å². The number of nitriles is 1. The second kappa shape index (κ2) is 14.1. The molecular weight excluding hydrogens is 522 g/mol. The summed E-state index contributed by atoms with van der Waals surface area (Å²) in [4.78, 5) is 38.0. The Morgan fingerprint density at radius 1 is 0.927 bits per heavy atom. The molecule has 1 aliphatic rings. The van der Waals surface area contributed by atoms with Gasteiger partial charge in [0.15, 0.2) is 6.04 Å². The van der Waals surface area contributed by atoms with Crippen molar-refractivity contribution in [1.82, 2.24) is 10.6 Å². The van der Waals surface area contributed by atoms with Crippen LogP contribution in [0.25, 0.3) is 11.1 Å². The van der Waals surface area contributed by atoms with Crippen molar-refractivity contribution in [2.24, 2.45) is 0 Å². The molecule has 0 fully saturated rings. The van der Waals surface area contributed by atoms with Gasteiger partial charge in [-0.2, -0.15) is 5.26 Å². The molecule has 1 unspecified atom stereocenters. The minimum Gasteiger partial charge on any atom is -0.480 e. The molecule has 9 heteroatoms. The molecule has 0 aromatic heterocycles. The number of amides is 2. The SMILES string of the molecule is C[C@H](OCc1ccccc1)[C@@H](NC(=O)C(CCCC#N)NC(=O)OCC1c2ccccc2-c2ccccc21)C(=O)O. The number of hydrogen-bond donors (Lipinski definition) is 3. The summed E-state index contributed by atoms with van der Waals surface area (Å²) in [5, 5.41) is 23.8. The molecule has 3 N–H and O–H groups in total. The quantitative estimate of drug-likeness (QED) is 0.259. The van der Waals surface area contributed by atoms with E-state index in [1.54, 1.807) is 6.92 Å². The van der Waals surface area contributed by atoms with Crippen molar-refractivity contribution >= 4 is 18.0 Å². The topological polar surface area (TPSA) is 138 Å². The molecule has 41 heavy (non-hydrogen) atoms. The van der Waals surface area contributed by atoms with Crippen LogP contribution in [0.4, 0.5) is 4.79 Å². The van der Waals surface area contributed by atoms with Crippen LogP contribution in [0.5, 0.6) is 0 Å². The lowest BCUT2D eigenvalue weighted by molar-refractivity contribution is -0.146. The number of carboxylic acid groups (broad SMARTS) is 1. The zero-order valence-electron chi connectivity index (χ0n) is 22.8. The maximum Gasteiger partial charge on any atom is 0.407 e. The Labute approximate surface area is 239 Å². The van der Waals surface area contributed by atoms with Crippen molar-refractivity contribution in [3.63, 3.8) is 0 Å². The van der Waals surface area contributed by atoms with E-state index in [1.807, 2.05) is 84.9 Å². The number of rotatable bonds is 13. The zero-order chi connectivity index (χ0) is 29.2. The second-order valence-electron chi connectivity index (χ2n) is 9.90. The summed E-state index contributed by atoms with van der Waals surface area (Å²) in [5.41, 5.74) is 5.15. The normalized spacial score (nSPS) is 14.0. The van der Waals surface area contributed by atoms with E-state index in [9.17, 15) is 19.5 Å². The van der Waals surface area contributed by atoms with Crippen molar-refractivity contribution < 1.29 is 29.0 Å². The summed E-state index contributed by atoms with van der Waals surface area (Å²) in [5.74, 6) is -2.12. The van der Waals surface area contributed by atoms with Gasteiger partial charge in [-0.05, 0) is 47.6 Å². The van der Waals surface area contributed by atoms with Crippen molar-refractivity contribution in [3.05, 3.63) is 95.6 Å². The summed E-state index contributed by atoms with van der Waals surface area (Å²) >= 11 is 0. The van der Waals surface area contributed by atoms with Crippen LogP contribution in [0.2, 0.25) is 0 Å². The monoisotopic (exact) mass is 555 g/mol. The second-order valence-corrected chi connectivity index (χ2v) is 9.90. The fourth-order valence-electron chi connectivity index (χ4n) is 4.97. The summed E-state index contributed by atoms with van der Waals surface area (Å²) in [6.07, 6.45) is -1.02. The molecule has 4 rings (SSSR count). The minimum absolute atomic E-state index is 0.0640. The Morgan fingerprint density at radius 3 is 2.15 bits per heavy atom. The maximum atomic E-state index is 13.2. The number of hydrogen-bond acceptors (Lipinski definition) is 6. The molecule has 3 aromatic carbocycles. The lowest BCUT2D eigenvalue weighted by Gasteiger charge is -2.25. The first-order chi connectivity index (χ1) is 19.9. The van der Waals surface area contributed by atoms with E-state index in [0.29, 0.717) is 6.42 Å². The van der Waals surface area contributed by atoms with Crippen molar-refractivity contribution in [2.75, 3.05) is 6.61 Å². The summed E-state index contributed by atoms with van der Waals surface area (Å²) in [6.45, 7) is 1.80. The van der Waals surface area contributed by atoms with Gasteiger partial charge in [0.2, 0.25) is 5.91 Å². The predicted molar refractivity (Wildman–Crippen MR) is 152 cm³/mol. The average Bonchev–Trinajstić information content (AvgIpc) is 3.31. The molecule has 212 valence electrons. The molecule has 1 aliphatic carbocycles. The van der Waals surface area contributed by atoms with Crippen molar-refractivity contribution in [2.45, 2.75) is 56.9 Å². The molecule has 0 bridgehead atoms. The van der Waals surface area contributed by atoms with E-state index < -0.39 is 36.2 Å². The van der Waals surface area contributed by atoms with Gasteiger partial charge in [-0.1, -0.05) is 78.9 Å². The van der Waals surface area contributed by atoms with E-state index in [-0.39, 0.29) is 32.0 Å². The van der Waals surface area contributed by atoms with Gasteiger partial charge < -0.3 is 25.2 Å². The molecule has 0 aliphatic heterocycles. The average molecular weight is 556 g/mol. The number of carboxylic acids is 1. The van der Waals surface area contributed by atoms with Crippen LogP contribution in [0.3, 0.4) is 0 Å². The largest absolute Gasteiger partial charge is 0.480 e. The molecule has 3 atom stereocenters. The van der Waals surface area contributed by atoms with Crippen molar-refractivity contribution in [1.29, 1.82) is 5.26 Å². The Balaban J connectivity index is 1.38. The first-order valence-electron chi connectivity index (χ1n) is 13.6. The van der Waals surface area contributed by atoms with Gasteiger partial charge in [-0.15, -0.1) is 0 Å². The van der Waals surface area contributed by atoms with Crippen LogP contribution < -0.4 is 10.6 Å². The number of aliphatic carboxylic acids is 1. The van der Waals surface area contributed by atoms with E-state index in [2.05, 4.69) is 10.6 Å². The molecule has 9 nitrogen and oxygen atoms in total. The summed E-state index contributed by atoms with van der Waals surface area (Å²) in [7, 11) is 0. The highest BCUT2D eigenvalue weighted by atomic mass is 16.5. The number of carbonyl (C=O) groups is 3. The van der Waals surface area contributed by atoms with Gasteiger partial charge in [0.05, 0.1) is 18.8 Å². The van der Waals surface area contributed by atoms with Gasteiger partial charge in [-0.25, -0.2) is 9.59 Å². The van der Waals surface area contributed by atoms with E-state index in [1.165, 1.54) is 0 Å². The van der Waals surface area contributed by atoms with E-state index >= 15 is 0 Å². The number of carbonyl (C=O) groups excluding carboxylic acids is 2. The van der Waals surface area contributed by atoms with Gasteiger partial charge in [0.25, 0.3) is 0 Å². The van der Waals surface area contributed by atoms with Gasteiger partial charge in [-0.3, -0.25) is 4.79 Å². The van der Waals surface area contributed by atoms with Crippen LogP contribution in [-0.2, 0) is 25.7 Å². The Hall–Kier alpha value is -4.68.